The standard InChI is InChI=1S/C46H58N8O4/c1-6-41-39(43(50-37-14-20-58-21-15-37)40-29-49-54(7-2)44(40)51-41)28-48-46(56)36-23-31(3)22-35(26-36)45(55)47-27-32-12-13-42(57-5)38(25-32)34-11-8-10-33(24-34)30-53-17-9-16-52(4)18-19-53/h8,10-13,22-26,29,37H,6-7,9,14-21,27-28,30H2,1-5H3,(H,47,55)(H,48,56)(H,50,51). The van der Waals surface area contributed by atoms with Gasteiger partial charge >= 0.3 is 0 Å². The SMILES string of the molecule is CCc1nc2c(cnn2CC)c(NC2CCOCC2)c1CNC(=O)c1cc(C)cc(C(=O)NCc2ccc(OC)c(-c3cccc(CN4CCCN(C)CC4)c3)c2)c1. The van der Waals surface area contributed by atoms with E-state index in [2.05, 4.69) is 82.1 Å². The lowest BCUT2D eigenvalue weighted by Gasteiger charge is -2.26. The van der Waals surface area contributed by atoms with Crippen molar-refractivity contribution >= 4 is 28.5 Å². The molecule has 4 heterocycles. The Hall–Kier alpha value is -5.30. The van der Waals surface area contributed by atoms with Crippen LogP contribution in [0.25, 0.3) is 22.2 Å². The van der Waals surface area contributed by atoms with Crippen LogP contribution in [-0.4, -0.2) is 96.0 Å². The van der Waals surface area contributed by atoms with Crippen LogP contribution in [0.5, 0.6) is 5.75 Å². The zero-order valence-corrected chi connectivity index (χ0v) is 34.7. The summed E-state index contributed by atoms with van der Waals surface area (Å²) in [5, 5.41) is 15.6. The van der Waals surface area contributed by atoms with Crippen LogP contribution >= 0.6 is 0 Å². The molecule has 2 saturated heterocycles. The molecule has 5 aromatic rings. The molecule has 0 spiro atoms. The fourth-order valence-corrected chi connectivity index (χ4v) is 8.15. The fraction of sp³-hybridized carbons (Fsp3) is 0.435. The van der Waals surface area contributed by atoms with Crippen molar-refractivity contribution in [2.45, 2.75) is 78.7 Å². The number of amides is 2. The highest BCUT2D eigenvalue weighted by Gasteiger charge is 2.23. The summed E-state index contributed by atoms with van der Waals surface area (Å²) in [6.45, 7) is 14.0. The van der Waals surface area contributed by atoms with Crippen molar-refractivity contribution in [2.75, 3.05) is 58.9 Å². The van der Waals surface area contributed by atoms with Crippen molar-refractivity contribution in [3.8, 4) is 16.9 Å². The van der Waals surface area contributed by atoms with Crippen LogP contribution in [0.2, 0.25) is 0 Å². The lowest BCUT2D eigenvalue weighted by atomic mass is 9.99. The van der Waals surface area contributed by atoms with Crippen LogP contribution < -0.4 is 20.7 Å². The van der Waals surface area contributed by atoms with Gasteiger partial charge in [0.1, 0.15) is 5.75 Å². The van der Waals surface area contributed by atoms with Crippen molar-refractivity contribution < 1.29 is 19.1 Å². The molecule has 306 valence electrons. The molecule has 0 atom stereocenters. The highest BCUT2D eigenvalue weighted by molar-refractivity contribution is 6.00. The first-order valence-electron chi connectivity index (χ1n) is 20.8. The van der Waals surface area contributed by atoms with Crippen LogP contribution in [0.3, 0.4) is 0 Å². The summed E-state index contributed by atoms with van der Waals surface area (Å²) in [7, 11) is 3.88. The number of nitrogens with zero attached hydrogens (tertiary/aromatic N) is 5. The maximum atomic E-state index is 13.8. The van der Waals surface area contributed by atoms with Gasteiger partial charge in [-0.05, 0) is 118 Å². The van der Waals surface area contributed by atoms with Gasteiger partial charge in [0.2, 0.25) is 0 Å². The number of hydrogen-bond acceptors (Lipinski definition) is 9. The molecule has 2 amide bonds. The van der Waals surface area contributed by atoms with Crippen LogP contribution in [0.4, 0.5) is 5.69 Å². The molecule has 7 rings (SSSR count). The molecule has 2 fully saturated rings. The highest BCUT2D eigenvalue weighted by Crippen LogP contribution is 2.33. The molecule has 2 aromatic heterocycles. The van der Waals surface area contributed by atoms with E-state index >= 15 is 0 Å². The number of rotatable bonds is 14. The maximum Gasteiger partial charge on any atom is 0.251 e. The summed E-state index contributed by atoms with van der Waals surface area (Å²) in [5.41, 5.74) is 9.61. The van der Waals surface area contributed by atoms with Gasteiger partial charge in [-0.15, -0.1) is 0 Å². The van der Waals surface area contributed by atoms with Crippen LogP contribution in [-0.2, 0) is 37.3 Å². The molecule has 3 aromatic carbocycles. The molecule has 2 aliphatic heterocycles. The van der Waals surface area contributed by atoms with Crippen molar-refractivity contribution in [2.24, 2.45) is 0 Å². The number of hydrogen-bond donors (Lipinski definition) is 3. The summed E-state index contributed by atoms with van der Waals surface area (Å²) in [6.07, 6.45) is 5.54. The number of pyridine rings is 1. The van der Waals surface area contributed by atoms with E-state index in [1.54, 1.807) is 13.2 Å². The van der Waals surface area contributed by atoms with Gasteiger partial charge in [-0.1, -0.05) is 31.2 Å². The molecular weight excluding hydrogens is 729 g/mol. The summed E-state index contributed by atoms with van der Waals surface area (Å²) in [5.74, 6) is 0.271. The highest BCUT2D eigenvalue weighted by atomic mass is 16.5. The molecule has 0 saturated carbocycles. The number of nitrogens with one attached hydrogen (secondary N) is 3. The number of anilines is 1. The van der Waals surface area contributed by atoms with Crippen molar-refractivity contribution in [3.63, 3.8) is 0 Å². The molecule has 0 unspecified atom stereocenters. The molecular formula is C46H58N8O4. The van der Waals surface area contributed by atoms with Gasteiger partial charge in [-0.3, -0.25) is 14.5 Å². The summed E-state index contributed by atoms with van der Waals surface area (Å²) in [4.78, 5) is 37.4. The Morgan fingerprint density at radius 3 is 2.41 bits per heavy atom. The van der Waals surface area contributed by atoms with Gasteiger partial charge in [-0.2, -0.15) is 5.10 Å². The van der Waals surface area contributed by atoms with Crippen LogP contribution in [0.1, 0.15) is 81.8 Å². The zero-order valence-electron chi connectivity index (χ0n) is 34.7. The zero-order chi connectivity index (χ0) is 40.6. The average Bonchev–Trinajstić information content (AvgIpc) is 3.55. The number of aromatic nitrogens is 3. The minimum atomic E-state index is -0.258. The minimum absolute atomic E-state index is 0.249. The number of methoxy groups -OCH3 is 1. The normalized spacial score (nSPS) is 15.6. The second-order valence-corrected chi connectivity index (χ2v) is 15.6. The molecule has 12 heteroatoms. The molecule has 2 aliphatic rings. The van der Waals surface area contributed by atoms with Crippen LogP contribution in [0.15, 0.2) is 66.9 Å². The van der Waals surface area contributed by atoms with Gasteiger partial charge < -0.3 is 30.3 Å². The van der Waals surface area contributed by atoms with Gasteiger partial charge in [-0.25, -0.2) is 9.67 Å². The third kappa shape index (κ3) is 9.69. The first-order valence-corrected chi connectivity index (χ1v) is 20.8. The number of ether oxygens (including phenoxy) is 2. The molecule has 12 nitrogen and oxygen atoms in total. The Balaban J connectivity index is 1.04. The lowest BCUT2D eigenvalue weighted by molar-refractivity contribution is 0.0904. The van der Waals surface area contributed by atoms with E-state index in [0.717, 1.165) is 102 Å². The predicted molar refractivity (Wildman–Crippen MR) is 229 cm³/mol. The molecule has 0 radical (unpaired) electrons. The molecule has 3 N–H and O–H groups in total. The Labute approximate surface area is 342 Å². The van der Waals surface area contributed by atoms with Crippen molar-refractivity contribution in [3.05, 3.63) is 106 Å². The first-order chi connectivity index (χ1) is 28.2. The second-order valence-electron chi connectivity index (χ2n) is 15.6. The van der Waals surface area contributed by atoms with E-state index in [9.17, 15) is 9.59 Å². The third-order valence-corrected chi connectivity index (χ3v) is 11.4. The van der Waals surface area contributed by atoms with E-state index in [-0.39, 0.29) is 24.4 Å². The van der Waals surface area contributed by atoms with Gasteiger partial charge in [0.05, 0.1) is 24.4 Å². The monoisotopic (exact) mass is 786 g/mol. The number of likely N-dealkylation sites (N-methyl/N-ethyl adjacent to an activating group) is 1. The first kappa shape index (κ1) is 40.9. The van der Waals surface area contributed by atoms with E-state index in [4.69, 9.17) is 14.5 Å². The molecule has 58 heavy (non-hydrogen) atoms. The Bertz CT molecular complexity index is 2230. The summed E-state index contributed by atoms with van der Waals surface area (Å²) in [6, 6.07) is 20.2. The quantitative estimate of drug-likeness (QED) is 0.114. The number of carbonyl (C=O) groups is 2. The lowest BCUT2D eigenvalue weighted by Crippen LogP contribution is -2.30. The third-order valence-electron chi connectivity index (χ3n) is 11.4. The summed E-state index contributed by atoms with van der Waals surface area (Å²) < 4.78 is 13.3. The number of carbonyl (C=O) groups excluding carboxylic acids is 2. The van der Waals surface area contributed by atoms with E-state index < -0.39 is 0 Å². The number of fused-ring (bicyclic) bond motifs is 1. The van der Waals surface area contributed by atoms with E-state index in [1.165, 1.54) is 12.0 Å². The van der Waals surface area contributed by atoms with Crippen molar-refractivity contribution in [1.29, 1.82) is 0 Å². The number of benzene rings is 3. The smallest absolute Gasteiger partial charge is 0.251 e. The maximum absolute atomic E-state index is 13.8. The minimum Gasteiger partial charge on any atom is -0.496 e. The molecule has 0 bridgehead atoms. The van der Waals surface area contributed by atoms with Crippen LogP contribution in [0, 0.1) is 6.92 Å². The van der Waals surface area contributed by atoms with E-state index in [0.29, 0.717) is 43.9 Å². The topological polar surface area (TPSA) is 126 Å². The predicted octanol–water partition coefficient (Wildman–Crippen LogP) is 6.59. The second kappa shape index (κ2) is 19.0. The Morgan fingerprint density at radius 1 is 0.897 bits per heavy atom. The van der Waals surface area contributed by atoms with Gasteiger partial charge in [0.25, 0.3) is 11.8 Å². The average molecular weight is 787 g/mol. The fourth-order valence-electron chi connectivity index (χ4n) is 8.15. The van der Waals surface area contributed by atoms with Gasteiger partial charge in [0, 0.05) is 86.5 Å². The van der Waals surface area contributed by atoms with Crippen molar-refractivity contribution in [1.82, 2.24) is 35.2 Å². The molecule has 0 aliphatic carbocycles. The largest absolute Gasteiger partial charge is 0.496 e. The Morgan fingerprint density at radius 2 is 1.67 bits per heavy atom. The Kier molecular flexibility index (Phi) is 13.4. The summed E-state index contributed by atoms with van der Waals surface area (Å²) >= 11 is 0. The number of aryl methyl sites for hydroxylation is 3. The van der Waals surface area contributed by atoms with E-state index in [1.807, 2.05) is 42.1 Å². The van der Waals surface area contributed by atoms with Gasteiger partial charge in [0.15, 0.2) is 5.65 Å².